The Labute approximate surface area is 82.3 Å². The van der Waals surface area contributed by atoms with Gasteiger partial charge in [-0.3, -0.25) is 0 Å². The summed E-state index contributed by atoms with van der Waals surface area (Å²) in [6.45, 7) is 5.36. The van der Waals surface area contributed by atoms with Gasteiger partial charge in [0.15, 0.2) is 0 Å². The Morgan fingerprint density at radius 1 is 1.38 bits per heavy atom. The van der Waals surface area contributed by atoms with E-state index in [9.17, 15) is 0 Å². The Balaban J connectivity index is 2.39. The van der Waals surface area contributed by atoms with Gasteiger partial charge in [0, 0.05) is 6.54 Å². The summed E-state index contributed by atoms with van der Waals surface area (Å²) in [4.78, 5) is 0. The number of rotatable bonds is 5. The lowest BCUT2D eigenvalue weighted by molar-refractivity contribution is 0.0652. The third-order valence-electron chi connectivity index (χ3n) is 1.38. The molecule has 5 heteroatoms. The van der Waals surface area contributed by atoms with Crippen molar-refractivity contribution in [1.29, 1.82) is 0 Å². The van der Waals surface area contributed by atoms with Crippen molar-refractivity contribution in [3.05, 3.63) is 10.0 Å². The van der Waals surface area contributed by atoms with Gasteiger partial charge in [-0.05, 0) is 20.9 Å². The van der Waals surface area contributed by atoms with Gasteiger partial charge in [0.1, 0.15) is 16.6 Å². The average Bonchev–Trinajstić information content (AvgIpc) is 2.50. The normalized spacial score (nSPS) is 11.1. The summed E-state index contributed by atoms with van der Waals surface area (Å²) in [5.74, 6) is 0. The van der Waals surface area contributed by atoms with Crippen molar-refractivity contribution in [3.8, 4) is 0 Å². The maximum absolute atomic E-state index is 5.41. The second-order valence-electron chi connectivity index (χ2n) is 2.98. The van der Waals surface area contributed by atoms with Gasteiger partial charge in [-0.1, -0.05) is 11.3 Å². The van der Waals surface area contributed by atoms with Gasteiger partial charge >= 0.3 is 0 Å². The van der Waals surface area contributed by atoms with Crippen molar-refractivity contribution in [2.45, 2.75) is 33.1 Å². The SMILES string of the molecule is CNCc1nnc(COC(C)C)s1. The molecule has 74 valence electrons. The van der Waals surface area contributed by atoms with Crippen LogP contribution in [-0.4, -0.2) is 23.3 Å². The van der Waals surface area contributed by atoms with E-state index in [0.29, 0.717) is 6.61 Å². The van der Waals surface area contributed by atoms with E-state index >= 15 is 0 Å². The quantitative estimate of drug-likeness (QED) is 0.777. The van der Waals surface area contributed by atoms with Crippen LogP contribution >= 0.6 is 11.3 Å². The highest BCUT2D eigenvalue weighted by Crippen LogP contribution is 2.10. The molecule has 0 unspecified atom stereocenters. The lowest BCUT2D eigenvalue weighted by Crippen LogP contribution is -2.04. The Bertz CT molecular complexity index is 249. The van der Waals surface area contributed by atoms with Crippen molar-refractivity contribution < 1.29 is 4.74 Å². The van der Waals surface area contributed by atoms with Crippen LogP contribution in [0.4, 0.5) is 0 Å². The molecule has 1 aromatic rings. The van der Waals surface area contributed by atoms with Crippen LogP contribution in [0.2, 0.25) is 0 Å². The third-order valence-corrected chi connectivity index (χ3v) is 2.27. The van der Waals surface area contributed by atoms with Crippen molar-refractivity contribution in [2.75, 3.05) is 7.05 Å². The van der Waals surface area contributed by atoms with Crippen LogP contribution in [0.3, 0.4) is 0 Å². The molecule has 0 aliphatic carbocycles. The maximum atomic E-state index is 5.41. The van der Waals surface area contributed by atoms with E-state index in [0.717, 1.165) is 16.6 Å². The van der Waals surface area contributed by atoms with Crippen LogP contribution in [0.15, 0.2) is 0 Å². The fraction of sp³-hybridized carbons (Fsp3) is 0.750. The summed E-state index contributed by atoms with van der Waals surface area (Å²) in [6.07, 6.45) is 0.247. The molecule has 1 heterocycles. The van der Waals surface area contributed by atoms with Gasteiger partial charge in [0.25, 0.3) is 0 Å². The van der Waals surface area contributed by atoms with E-state index in [1.165, 1.54) is 0 Å². The van der Waals surface area contributed by atoms with Gasteiger partial charge in [-0.2, -0.15) is 0 Å². The van der Waals surface area contributed by atoms with E-state index in [4.69, 9.17) is 4.74 Å². The molecule has 0 saturated heterocycles. The monoisotopic (exact) mass is 201 g/mol. The first kappa shape index (κ1) is 10.6. The second kappa shape index (κ2) is 5.26. The highest BCUT2D eigenvalue weighted by molar-refractivity contribution is 7.11. The molecular formula is C8H15N3OS. The maximum Gasteiger partial charge on any atom is 0.143 e. The summed E-state index contributed by atoms with van der Waals surface area (Å²) in [6, 6.07) is 0. The predicted octanol–water partition coefficient (Wildman–Crippen LogP) is 1.18. The fourth-order valence-electron chi connectivity index (χ4n) is 0.807. The topological polar surface area (TPSA) is 47.0 Å². The molecule has 1 N–H and O–H groups in total. The Morgan fingerprint density at radius 3 is 2.69 bits per heavy atom. The van der Waals surface area contributed by atoms with Crippen LogP contribution in [-0.2, 0) is 17.9 Å². The largest absolute Gasteiger partial charge is 0.372 e. The first-order valence-electron chi connectivity index (χ1n) is 4.30. The Kier molecular flexibility index (Phi) is 4.27. The minimum atomic E-state index is 0.247. The number of aromatic nitrogens is 2. The molecule has 4 nitrogen and oxygen atoms in total. The van der Waals surface area contributed by atoms with E-state index in [-0.39, 0.29) is 6.10 Å². The minimum absolute atomic E-state index is 0.247. The lowest BCUT2D eigenvalue weighted by Gasteiger charge is -2.03. The summed E-state index contributed by atoms with van der Waals surface area (Å²) < 4.78 is 5.41. The first-order chi connectivity index (χ1) is 6.22. The zero-order valence-electron chi connectivity index (χ0n) is 8.20. The molecule has 0 aliphatic heterocycles. The van der Waals surface area contributed by atoms with Crippen molar-refractivity contribution >= 4 is 11.3 Å². The smallest absolute Gasteiger partial charge is 0.143 e. The average molecular weight is 201 g/mol. The number of nitrogens with zero attached hydrogens (tertiary/aromatic N) is 2. The fourth-order valence-corrected chi connectivity index (χ4v) is 1.59. The molecule has 0 radical (unpaired) electrons. The Morgan fingerprint density at radius 2 is 2.08 bits per heavy atom. The van der Waals surface area contributed by atoms with Gasteiger partial charge < -0.3 is 10.1 Å². The number of ether oxygens (including phenoxy) is 1. The molecule has 0 bridgehead atoms. The van der Waals surface area contributed by atoms with Crippen LogP contribution in [0.1, 0.15) is 23.9 Å². The van der Waals surface area contributed by atoms with E-state index < -0.39 is 0 Å². The first-order valence-corrected chi connectivity index (χ1v) is 5.11. The molecular weight excluding hydrogens is 186 g/mol. The van der Waals surface area contributed by atoms with Crippen LogP contribution < -0.4 is 5.32 Å². The van der Waals surface area contributed by atoms with E-state index in [1.54, 1.807) is 11.3 Å². The highest BCUT2D eigenvalue weighted by Gasteiger charge is 2.03. The van der Waals surface area contributed by atoms with Gasteiger partial charge in [-0.15, -0.1) is 10.2 Å². The summed E-state index contributed by atoms with van der Waals surface area (Å²) in [5, 5.41) is 13.0. The van der Waals surface area contributed by atoms with Crippen molar-refractivity contribution in [1.82, 2.24) is 15.5 Å². The standard InChI is InChI=1S/C8H15N3OS/c1-6(2)12-5-8-11-10-7(13-8)4-9-3/h6,9H,4-5H2,1-3H3. The lowest BCUT2D eigenvalue weighted by atomic mass is 10.5. The molecule has 0 saturated carbocycles. The van der Waals surface area contributed by atoms with E-state index in [2.05, 4.69) is 15.5 Å². The Hall–Kier alpha value is -0.520. The molecule has 0 aromatic carbocycles. The van der Waals surface area contributed by atoms with Crippen LogP contribution in [0, 0.1) is 0 Å². The van der Waals surface area contributed by atoms with E-state index in [1.807, 2.05) is 20.9 Å². The predicted molar refractivity (Wildman–Crippen MR) is 52.6 cm³/mol. The van der Waals surface area contributed by atoms with Gasteiger partial charge in [-0.25, -0.2) is 0 Å². The van der Waals surface area contributed by atoms with Crippen LogP contribution in [0.5, 0.6) is 0 Å². The molecule has 1 rings (SSSR count). The van der Waals surface area contributed by atoms with Gasteiger partial charge in [0.2, 0.25) is 0 Å². The number of hydrogen-bond acceptors (Lipinski definition) is 5. The van der Waals surface area contributed by atoms with Crippen molar-refractivity contribution in [2.24, 2.45) is 0 Å². The molecule has 0 aliphatic rings. The minimum Gasteiger partial charge on any atom is -0.372 e. The summed E-state index contributed by atoms with van der Waals surface area (Å²) in [5.41, 5.74) is 0. The summed E-state index contributed by atoms with van der Waals surface area (Å²) >= 11 is 1.59. The zero-order valence-corrected chi connectivity index (χ0v) is 9.02. The highest BCUT2D eigenvalue weighted by atomic mass is 32.1. The molecule has 1 aromatic heterocycles. The molecule has 0 amide bonds. The molecule has 13 heavy (non-hydrogen) atoms. The van der Waals surface area contributed by atoms with Crippen LogP contribution in [0.25, 0.3) is 0 Å². The second-order valence-corrected chi connectivity index (χ2v) is 4.13. The van der Waals surface area contributed by atoms with Crippen molar-refractivity contribution in [3.63, 3.8) is 0 Å². The van der Waals surface area contributed by atoms with Gasteiger partial charge in [0.05, 0.1) is 6.10 Å². The third kappa shape index (κ3) is 3.80. The molecule has 0 fully saturated rings. The zero-order chi connectivity index (χ0) is 9.68. The molecule has 0 spiro atoms. The molecule has 0 atom stereocenters. The number of hydrogen-bond donors (Lipinski definition) is 1. The number of nitrogens with one attached hydrogen (secondary N) is 1. The summed E-state index contributed by atoms with van der Waals surface area (Å²) in [7, 11) is 1.89.